The number of aliphatic carboxylic acids is 1. The van der Waals surface area contributed by atoms with Crippen LogP contribution in [0.3, 0.4) is 0 Å². The number of rotatable bonds is 6. The van der Waals surface area contributed by atoms with E-state index >= 15 is 0 Å². The summed E-state index contributed by atoms with van der Waals surface area (Å²) in [5, 5.41) is 13.7. The number of nitrogens with one attached hydrogen (secondary N) is 2. The molecule has 0 saturated carbocycles. The highest BCUT2D eigenvalue weighted by Crippen LogP contribution is 2.12. The average Bonchev–Trinajstić information content (AvgIpc) is 2.87. The van der Waals surface area contributed by atoms with Crippen LogP contribution in [0.2, 0.25) is 0 Å². The van der Waals surface area contributed by atoms with E-state index in [1.54, 1.807) is 6.07 Å². The van der Waals surface area contributed by atoms with Crippen LogP contribution in [0.5, 0.6) is 0 Å². The topological polar surface area (TPSA) is 109 Å². The van der Waals surface area contributed by atoms with Crippen LogP contribution in [0.1, 0.15) is 24.4 Å². The van der Waals surface area contributed by atoms with Gasteiger partial charge in [0.05, 0.1) is 18.2 Å². The van der Waals surface area contributed by atoms with E-state index in [9.17, 15) is 14.4 Å². The molecule has 0 fully saturated rings. The van der Waals surface area contributed by atoms with E-state index in [2.05, 4.69) is 10.6 Å². The van der Waals surface area contributed by atoms with Crippen molar-refractivity contribution in [3.05, 3.63) is 24.2 Å². The summed E-state index contributed by atoms with van der Waals surface area (Å²) >= 11 is 0. The second kappa shape index (κ2) is 6.03. The van der Waals surface area contributed by atoms with Gasteiger partial charge in [0.25, 0.3) is 5.91 Å². The molecular formula is C12H16N2O5. The summed E-state index contributed by atoms with van der Waals surface area (Å²) in [6, 6.07) is 3.03. The Morgan fingerprint density at radius 2 is 2.00 bits per heavy atom. The Kier molecular flexibility index (Phi) is 4.68. The van der Waals surface area contributed by atoms with Crippen LogP contribution in [0.25, 0.3) is 0 Å². The predicted molar refractivity (Wildman–Crippen MR) is 65.5 cm³/mol. The molecule has 1 heterocycles. The SMILES string of the molecule is CC(C)(CNC(=O)CNC(=O)c1ccco1)C(=O)O. The van der Waals surface area contributed by atoms with Gasteiger partial charge < -0.3 is 20.2 Å². The minimum Gasteiger partial charge on any atom is -0.481 e. The summed E-state index contributed by atoms with van der Waals surface area (Å²) in [6.07, 6.45) is 1.35. The minimum atomic E-state index is -1.05. The monoisotopic (exact) mass is 268 g/mol. The molecule has 0 bridgehead atoms. The van der Waals surface area contributed by atoms with Gasteiger partial charge in [-0.3, -0.25) is 14.4 Å². The zero-order valence-electron chi connectivity index (χ0n) is 10.7. The van der Waals surface area contributed by atoms with E-state index in [1.165, 1.54) is 26.2 Å². The number of carbonyl (C=O) groups excluding carboxylic acids is 2. The fourth-order valence-corrected chi connectivity index (χ4v) is 1.11. The summed E-state index contributed by atoms with van der Waals surface area (Å²) in [4.78, 5) is 33.7. The number of amides is 2. The molecule has 0 radical (unpaired) electrons. The number of furan rings is 1. The summed E-state index contributed by atoms with van der Waals surface area (Å²) in [6.45, 7) is 2.74. The van der Waals surface area contributed by atoms with E-state index < -0.39 is 23.2 Å². The van der Waals surface area contributed by atoms with Gasteiger partial charge in [-0.25, -0.2) is 0 Å². The number of carbonyl (C=O) groups is 3. The summed E-state index contributed by atoms with van der Waals surface area (Å²) < 4.78 is 4.85. The number of carboxylic acids is 1. The Bertz CT molecular complexity index is 464. The van der Waals surface area contributed by atoms with Crippen molar-refractivity contribution >= 4 is 17.8 Å². The highest BCUT2D eigenvalue weighted by Gasteiger charge is 2.27. The highest BCUT2D eigenvalue weighted by molar-refractivity contribution is 5.94. The fourth-order valence-electron chi connectivity index (χ4n) is 1.11. The lowest BCUT2D eigenvalue weighted by molar-refractivity contribution is -0.146. The van der Waals surface area contributed by atoms with Crippen LogP contribution in [0.15, 0.2) is 22.8 Å². The number of hydrogen-bond donors (Lipinski definition) is 3. The largest absolute Gasteiger partial charge is 0.481 e. The lowest BCUT2D eigenvalue weighted by atomic mass is 9.94. The van der Waals surface area contributed by atoms with Crippen molar-refractivity contribution in [2.75, 3.05) is 13.1 Å². The normalized spacial score (nSPS) is 10.8. The third kappa shape index (κ3) is 4.46. The maximum atomic E-state index is 11.4. The van der Waals surface area contributed by atoms with Crippen molar-refractivity contribution in [2.24, 2.45) is 5.41 Å². The Hall–Kier alpha value is -2.31. The minimum absolute atomic E-state index is 0.0161. The van der Waals surface area contributed by atoms with Gasteiger partial charge in [-0.05, 0) is 26.0 Å². The third-order valence-electron chi connectivity index (χ3n) is 2.46. The molecule has 1 aromatic rings. The Balaban J connectivity index is 2.33. The molecule has 0 aromatic carbocycles. The smallest absolute Gasteiger partial charge is 0.310 e. The van der Waals surface area contributed by atoms with Crippen molar-refractivity contribution in [3.63, 3.8) is 0 Å². The van der Waals surface area contributed by atoms with E-state index in [-0.39, 0.29) is 18.8 Å². The van der Waals surface area contributed by atoms with Crippen LogP contribution in [0.4, 0.5) is 0 Å². The molecule has 0 aliphatic rings. The molecule has 7 heteroatoms. The fraction of sp³-hybridized carbons (Fsp3) is 0.417. The maximum Gasteiger partial charge on any atom is 0.310 e. The van der Waals surface area contributed by atoms with Crippen molar-refractivity contribution in [3.8, 4) is 0 Å². The van der Waals surface area contributed by atoms with Gasteiger partial charge in [-0.1, -0.05) is 0 Å². The molecule has 2 amide bonds. The Morgan fingerprint density at radius 3 is 2.53 bits per heavy atom. The molecule has 1 aromatic heterocycles. The molecular weight excluding hydrogens is 252 g/mol. The first kappa shape index (κ1) is 14.7. The van der Waals surface area contributed by atoms with Gasteiger partial charge in [0.15, 0.2) is 5.76 Å². The van der Waals surface area contributed by atoms with E-state index in [0.717, 1.165) is 0 Å². The van der Waals surface area contributed by atoms with Crippen molar-refractivity contribution < 1.29 is 23.9 Å². The molecule has 104 valence electrons. The van der Waals surface area contributed by atoms with Gasteiger partial charge in [0.2, 0.25) is 5.91 Å². The Morgan fingerprint density at radius 1 is 1.32 bits per heavy atom. The lowest BCUT2D eigenvalue weighted by Crippen LogP contribution is -2.43. The lowest BCUT2D eigenvalue weighted by Gasteiger charge is -2.19. The van der Waals surface area contributed by atoms with E-state index in [0.29, 0.717) is 0 Å². The maximum absolute atomic E-state index is 11.4. The molecule has 0 aliphatic carbocycles. The quantitative estimate of drug-likeness (QED) is 0.684. The van der Waals surface area contributed by atoms with Crippen molar-refractivity contribution in [1.29, 1.82) is 0 Å². The predicted octanol–water partition coefficient (Wildman–Crippen LogP) is 0.236. The first-order valence-corrected chi connectivity index (χ1v) is 5.65. The molecule has 0 saturated heterocycles. The van der Waals surface area contributed by atoms with E-state index in [4.69, 9.17) is 9.52 Å². The standard InChI is InChI=1S/C12H16N2O5/c1-12(2,11(17)18)7-14-9(15)6-13-10(16)8-4-3-5-19-8/h3-5H,6-7H2,1-2H3,(H,13,16)(H,14,15)(H,17,18). The molecule has 0 aliphatic heterocycles. The third-order valence-corrected chi connectivity index (χ3v) is 2.46. The number of carboxylic acid groups (broad SMARTS) is 1. The summed E-state index contributed by atoms with van der Waals surface area (Å²) in [5.41, 5.74) is -1.05. The molecule has 3 N–H and O–H groups in total. The highest BCUT2D eigenvalue weighted by atomic mass is 16.4. The summed E-state index contributed by atoms with van der Waals surface area (Å²) in [5.74, 6) is -1.86. The van der Waals surface area contributed by atoms with E-state index in [1.807, 2.05) is 0 Å². The molecule has 7 nitrogen and oxygen atoms in total. The summed E-state index contributed by atoms with van der Waals surface area (Å²) in [7, 11) is 0. The molecule has 0 atom stereocenters. The van der Waals surface area contributed by atoms with Gasteiger partial charge in [0.1, 0.15) is 0 Å². The van der Waals surface area contributed by atoms with Crippen molar-refractivity contribution in [1.82, 2.24) is 10.6 Å². The van der Waals surface area contributed by atoms with Crippen molar-refractivity contribution in [2.45, 2.75) is 13.8 Å². The zero-order chi connectivity index (χ0) is 14.5. The first-order valence-electron chi connectivity index (χ1n) is 5.65. The number of hydrogen-bond acceptors (Lipinski definition) is 4. The molecule has 19 heavy (non-hydrogen) atoms. The average molecular weight is 268 g/mol. The molecule has 1 rings (SSSR count). The zero-order valence-corrected chi connectivity index (χ0v) is 10.7. The second-order valence-electron chi connectivity index (χ2n) is 4.63. The van der Waals surface area contributed by atoms with Crippen LogP contribution in [-0.2, 0) is 9.59 Å². The van der Waals surface area contributed by atoms with Crippen LogP contribution in [0, 0.1) is 5.41 Å². The Labute approximate surface area is 110 Å². The molecule has 0 spiro atoms. The van der Waals surface area contributed by atoms with Gasteiger partial charge in [0, 0.05) is 6.54 Å². The van der Waals surface area contributed by atoms with Crippen LogP contribution in [-0.4, -0.2) is 36.0 Å². The van der Waals surface area contributed by atoms with Gasteiger partial charge in [-0.15, -0.1) is 0 Å². The second-order valence-corrected chi connectivity index (χ2v) is 4.63. The van der Waals surface area contributed by atoms with Gasteiger partial charge >= 0.3 is 5.97 Å². The van der Waals surface area contributed by atoms with Crippen LogP contribution >= 0.6 is 0 Å². The molecule has 0 unspecified atom stereocenters. The van der Waals surface area contributed by atoms with Gasteiger partial charge in [-0.2, -0.15) is 0 Å². The first-order chi connectivity index (χ1) is 8.83. The van der Waals surface area contributed by atoms with Crippen LogP contribution < -0.4 is 10.6 Å².